The van der Waals surface area contributed by atoms with Crippen LogP contribution in [0.4, 0.5) is 0 Å². The Kier molecular flexibility index (Phi) is 16.1. The third-order valence-corrected chi connectivity index (χ3v) is 14.9. The summed E-state index contributed by atoms with van der Waals surface area (Å²) in [4.78, 5) is 55.4. The van der Waals surface area contributed by atoms with Crippen LogP contribution in [0.5, 0.6) is 23.3 Å². The Morgan fingerprint density at radius 2 is 0.878 bits per heavy atom. The molecule has 0 unspecified atom stereocenters. The number of hydrogen-bond donors (Lipinski definition) is 0. The Balaban J connectivity index is 0.000000169. The van der Waals surface area contributed by atoms with Gasteiger partial charge in [-0.05, 0) is 155 Å². The average molecular weight is 1070 g/mol. The van der Waals surface area contributed by atoms with Crippen LogP contribution in [-0.2, 0) is 37.4 Å². The van der Waals surface area contributed by atoms with Gasteiger partial charge in [-0.3, -0.25) is 9.59 Å². The molecule has 0 spiro atoms. The molecule has 3 fully saturated rings. The predicted molar refractivity (Wildman–Crippen MR) is 286 cm³/mol. The number of pyridine rings is 2. The number of rotatable bonds is 10. The van der Waals surface area contributed by atoms with E-state index in [1.54, 1.807) is 97.1 Å². The van der Waals surface area contributed by atoms with E-state index in [0.29, 0.717) is 77.3 Å². The topological polar surface area (TPSA) is 186 Å². The molecular formula is C54H60B3BrN2O14. The van der Waals surface area contributed by atoms with E-state index in [-0.39, 0.29) is 22.4 Å². The third kappa shape index (κ3) is 11.6. The maximum absolute atomic E-state index is 12.0. The zero-order chi connectivity index (χ0) is 54.2. The number of hydrogen-bond acceptors (Lipinski definition) is 16. The Morgan fingerprint density at radius 3 is 1.27 bits per heavy atom. The van der Waals surface area contributed by atoms with Gasteiger partial charge in [-0.2, -0.15) is 0 Å². The van der Waals surface area contributed by atoms with Crippen molar-refractivity contribution in [2.45, 2.75) is 117 Å². The molecule has 386 valence electrons. The summed E-state index contributed by atoms with van der Waals surface area (Å²) in [6.45, 7) is 24.0. The van der Waals surface area contributed by atoms with Crippen LogP contribution in [0.3, 0.4) is 0 Å². The van der Waals surface area contributed by atoms with Crippen LogP contribution >= 0.6 is 15.9 Å². The average Bonchev–Trinajstić information content (AvgIpc) is 3.82. The lowest BCUT2D eigenvalue weighted by Crippen LogP contribution is -2.41. The van der Waals surface area contributed by atoms with Crippen molar-refractivity contribution in [1.29, 1.82) is 0 Å². The molecule has 0 radical (unpaired) electrons. The van der Waals surface area contributed by atoms with Gasteiger partial charge in [0, 0.05) is 38.5 Å². The van der Waals surface area contributed by atoms with E-state index >= 15 is 0 Å². The standard InChI is InChI=1S/C24H24BNO6.C18H12BrNO4.C12H24B2O4/c1-23(2)24(3,4)32-25(31-23)19-11-9-16(13-15(19)14-27)30-21-12-10-17-18(22(28)29-5)7-6-8-20(17)26-21;1-23-18(22)14-3-2-4-16-13(14)6-8-17(20-16)24-12-5-7-15(19)11(9-12)10-21;1-9(2)10(3,4)16-13(15-9)14-17-11(5,6)12(7,8)18-14/h6-14H,1-5H3;2-10H,1H3;1-8H3. The number of aromatic nitrogens is 2. The van der Waals surface area contributed by atoms with E-state index in [4.69, 9.17) is 46.9 Å². The minimum Gasteiger partial charge on any atom is -0.465 e. The second-order valence-electron chi connectivity index (χ2n) is 20.8. The molecule has 16 nitrogen and oxygen atoms in total. The maximum Gasteiger partial charge on any atom is 0.495 e. The molecule has 4 aromatic carbocycles. The van der Waals surface area contributed by atoms with Gasteiger partial charge in [0.2, 0.25) is 11.8 Å². The van der Waals surface area contributed by atoms with Gasteiger partial charge in [0.1, 0.15) is 17.8 Å². The Morgan fingerprint density at radius 1 is 0.500 bits per heavy atom. The van der Waals surface area contributed by atoms with Gasteiger partial charge < -0.3 is 46.9 Å². The van der Waals surface area contributed by atoms with Gasteiger partial charge >= 0.3 is 33.1 Å². The molecular weight excluding hydrogens is 1010 g/mol. The van der Waals surface area contributed by atoms with Crippen molar-refractivity contribution in [3.8, 4) is 23.3 Å². The number of benzene rings is 4. The fourth-order valence-corrected chi connectivity index (χ4v) is 8.12. The molecule has 20 heteroatoms. The number of carbonyl (C=O) groups excluding carboxylic acids is 4. The minimum atomic E-state index is -0.648. The number of halogens is 1. The van der Waals surface area contributed by atoms with Gasteiger partial charge in [-0.25, -0.2) is 19.6 Å². The van der Waals surface area contributed by atoms with Crippen molar-refractivity contribution in [1.82, 2.24) is 9.97 Å². The molecule has 5 heterocycles. The van der Waals surface area contributed by atoms with Crippen LogP contribution in [0.15, 0.2) is 102 Å². The molecule has 3 aliphatic heterocycles. The molecule has 0 saturated carbocycles. The first-order chi connectivity index (χ1) is 34.6. The van der Waals surface area contributed by atoms with Gasteiger partial charge in [-0.1, -0.05) is 34.1 Å². The zero-order valence-corrected chi connectivity index (χ0v) is 45.7. The smallest absolute Gasteiger partial charge is 0.465 e. The van der Waals surface area contributed by atoms with Crippen LogP contribution in [0.1, 0.15) is 125 Å². The first-order valence-electron chi connectivity index (χ1n) is 23.9. The normalized spacial score (nSPS) is 18.4. The summed E-state index contributed by atoms with van der Waals surface area (Å²) in [5, 5.41) is 1.34. The van der Waals surface area contributed by atoms with E-state index in [9.17, 15) is 19.2 Å². The first kappa shape index (κ1) is 55.8. The Hall–Kier alpha value is -5.99. The number of aldehydes is 2. The van der Waals surface area contributed by atoms with E-state index < -0.39 is 44.3 Å². The number of fused-ring (bicyclic) bond motifs is 2. The number of ether oxygens (including phenoxy) is 4. The molecule has 0 amide bonds. The number of esters is 2. The van der Waals surface area contributed by atoms with Crippen LogP contribution in [-0.4, -0.2) is 103 Å². The Labute approximate surface area is 440 Å². The molecule has 6 aromatic rings. The van der Waals surface area contributed by atoms with Crippen LogP contribution in [0, 0.1) is 0 Å². The fourth-order valence-electron chi connectivity index (χ4n) is 7.78. The SMILES string of the molecule is CC1(C)OB(B2OC(C)(C)C(C)(C)O2)OC1(C)C.COC(=O)c1cccc2nc(Oc3ccc(B4OC(C)(C)C(C)(C)O4)c(C=O)c3)ccc12.COC(=O)c1cccc2nc(Oc3ccc(Br)c(C=O)c3)ccc12. The van der Waals surface area contributed by atoms with Crippen molar-refractivity contribution >= 4 is 88.8 Å². The molecule has 0 N–H and O–H groups in total. The van der Waals surface area contributed by atoms with Crippen LogP contribution in [0.25, 0.3) is 21.8 Å². The lowest BCUT2D eigenvalue weighted by molar-refractivity contribution is 0.00578. The van der Waals surface area contributed by atoms with E-state index in [1.807, 2.05) is 83.1 Å². The van der Waals surface area contributed by atoms with Crippen molar-refractivity contribution in [3.63, 3.8) is 0 Å². The molecule has 0 bridgehead atoms. The third-order valence-electron chi connectivity index (χ3n) is 14.2. The van der Waals surface area contributed by atoms with Gasteiger partial charge in [0.05, 0.1) is 70.0 Å². The molecule has 3 aliphatic rings. The molecule has 3 saturated heterocycles. The van der Waals surface area contributed by atoms with E-state index in [1.165, 1.54) is 14.2 Å². The molecule has 9 rings (SSSR count). The summed E-state index contributed by atoms with van der Waals surface area (Å²) in [5.74, 6) is 0.794. The highest BCUT2D eigenvalue weighted by Crippen LogP contribution is 2.43. The largest absolute Gasteiger partial charge is 0.495 e. The highest BCUT2D eigenvalue weighted by molar-refractivity contribution is 9.10. The summed E-state index contributed by atoms with van der Waals surface area (Å²) in [5.41, 5.74) is 1.16. The second kappa shape index (κ2) is 21.3. The highest BCUT2D eigenvalue weighted by Gasteiger charge is 2.63. The minimum absolute atomic E-state index is 0.333. The van der Waals surface area contributed by atoms with E-state index in [0.717, 1.165) is 12.6 Å². The predicted octanol–water partition coefficient (Wildman–Crippen LogP) is 10.6. The molecule has 0 atom stereocenters. The molecule has 2 aromatic heterocycles. The number of nitrogens with zero attached hydrogens (tertiary/aromatic N) is 2. The fraction of sp³-hybridized carbons (Fsp3) is 0.370. The van der Waals surface area contributed by atoms with Gasteiger partial charge in [-0.15, -0.1) is 0 Å². The summed E-state index contributed by atoms with van der Waals surface area (Å²) in [6, 6.07) is 27.4. The zero-order valence-electron chi connectivity index (χ0n) is 44.1. The van der Waals surface area contributed by atoms with Crippen molar-refractivity contribution < 1.29 is 66.1 Å². The van der Waals surface area contributed by atoms with Crippen molar-refractivity contribution in [2.75, 3.05) is 14.2 Å². The summed E-state index contributed by atoms with van der Waals surface area (Å²) in [7, 11) is 1.07. The molecule has 74 heavy (non-hydrogen) atoms. The first-order valence-corrected chi connectivity index (χ1v) is 24.7. The van der Waals surface area contributed by atoms with Crippen molar-refractivity contribution in [3.05, 3.63) is 124 Å². The summed E-state index contributed by atoms with van der Waals surface area (Å²) >= 11 is 3.29. The quantitative estimate of drug-likeness (QED) is 0.0716. The summed E-state index contributed by atoms with van der Waals surface area (Å²) < 4.78 is 57.9. The number of carbonyl (C=O) groups is 4. The van der Waals surface area contributed by atoms with Gasteiger partial charge in [0.15, 0.2) is 6.29 Å². The Bertz CT molecular complexity index is 3030. The second-order valence-corrected chi connectivity index (χ2v) is 21.6. The maximum atomic E-state index is 12.0. The van der Waals surface area contributed by atoms with Crippen LogP contribution in [0.2, 0.25) is 0 Å². The number of methoxy groups -OCH3 is 2. The van der Waals surface area contributed by atoms with E-state index in [2.05, 4.69) is 25.9 Å². The lowest BCUT2D eigenvalue weighted by atomic mass is 9.49. The molecule has 0 aliphatic carbocycles. The van der Waals surface area contributed by atoms with Crippen LogP contribution < -0.4 is 14.9 Å². The summed E-state index contributed by atoms with van der Waals surface area (Å²) in [6.07, 6.45) is 1.50. The monoisotopic (exact) mass is 1070 g/mol. The highest BCUT2D eigenvalue weighted by atomic mass is 79.9. The van der Waals surface area contributed by atoms with Crippen molar-refractivity contribution in [2.24, 2.45) is 0 Å². The van der Waals surface area contributed by atoms with Gasteiger partial charge in [0.25, 0.3) is 0 Å². The lowest BCUT2D eigenvalue weighted by Gasteiger charge is -2.32.